The lowest BCUT2D eigenvalue weighted by atomic mass is 10.2. The fraction of sp³-hybridized carbons (Fsp3) is 0.333. The average molecular weight is 251 g/mol. The smallest absolute Gasteiger partial charge is 0.341 e. The minimum absolute atomic E-state index is 0.221. The number of oxazole rings is 1. The van der Waals surface area contributed by atoms with Crippen molar-refractivity contribution >= 4 is 17.1 Å². The number of carbonyl (C=O) groups is 1. The molecule has 1 aromatic carbocycles. The third kappa shape index (κ3) is 2.02. The molecule has 0 aliphatic rings. The van der Waals surface area contributed by atoms with Crippen LogP contribution in [0.15, 0.2) is 16.5 Å². The van der Waals surface area contributed by atoms with Gasteiger partial charge in [0.05, 0.1) is 14.2 Å². The van der Waals surface area contributed by atoms with E-state index in [2.05, 4.69) is 9.72 Å². The van der Waals surface area contributed by atoms with Crippen LogP contribution in [0.5, 0.6) is 5.75 Å². The summed E-state index contributed by atoms with van der Waals surface area (Å²) in [5.41, 5.74) is 1.13. The van der Waals surface area contributed by atoms with E-state index in [0.29, 0.717) is 28.3 Å². The van der Waals surface area contributed by atoms with Crippen molar-refractivity contribution in [3.05, 3.63) is 23.6 Å². The first kappa shape index (κ1) is 12.4. The van der Waals surface area contributed by atoms with Crippen LogP contribution in [0.4, 0.5) is 0 Å². The Morgan fingerprint density at radius 1 is 1.33 bits per heavy atom. The Morgan fingerprint density at radius 3 is 2.72 bits per heavy atom. The number of nitrogens with zero attached hydrogens (tertiary/aromatic N) is 1. The molecule has 0 bridgehead atoms. The molecule has 0 aliphatic carbocycles. The molecule has 0 unspecified atom stereocenters. The van der Waals surface area contributed by atoms with Crippen molar-refractivity contribution < 1.29 is 23.4 Å². The molecule has 0 saturated carbocycles. The second-order valence-electron chi connectivity index (χ2n) is 3.53. The fourth-order valence-electron chi connectivity index (χ4n) is 1.65. The lowest BCUT2D eigenvalue weighted by Gasteiger charge is -2.02. The first-order valence-electron chi connectivity index (χ1n) is 5.25. The van der Waals surface area contributed by atoms with Gasteiger partial charge in [0, 0.05) is 7.11 Å². The van der Waals surface area contributed by atoms with Gasteiger partial charge in [-0.15, -0.1) is 0 Å². The number of carbonyl (C=O) groups excluding carboxylic acids is 1. The third-order valence-electron chi connectivity index (χ3n) is 2.44. The van der Waals surface area contributed by atoms with Crippen molar-refractivity contribution in [1.82, 2.24) is 4.98 Å². The van der Waals surface area contributed by atoms with Crippen LogP contribution in [-0.2, 0) is 16.1 Å². The highest BCUT2D eigenvalue weighted by molar-refractivity contribution is 6.02. The Kier molecular flexibility index (Phi) is 3.47. The molecule has 2 aromatic rings. The molecule has 18 heavy (non-hydrogen) atoms. The Labute approximate surface area is 103 Å². The third-order valence-corrected chi connectivity index (χ3v) is 2.44. The van der Waals surface area contributed by atoms with Gasteiger partial charge < -0.3 is 18.6 Å². The van der Waals surface area contributed by atoms with Gasteiger partial charge in [-0.25, -0.2) is 9.78 Å². The molecule has 0 aliphatic heterocycles. The number of methoxy groups -OCH3 is 3. The van der Waals surface area contributed by atoms with Crippen LogP contribution in [0.2, 0.25) is 0 Å². The second kappa shape index (κ2) is 5.05. The van der Waals surface area contributed by atoms with Crippen molar-refractivity contribution in [1.29, 1.82) is 0 Å². The van der Waals surface area contributed by atoms with Gasteiger partial charge in [-0.3, -0.25) is 0 Å². The minimum atomic E-state index is -0.484. The van der Waals surface area contributed by atoms with Crippen molar-refractivity contribution in [3.63, 3.8) is 0 Å². The second-order valence-corrected chi connectivity index (χ2v) is 3.53. The molecular formula is C12H13NO5. The fourth-order valence-corrected chi connectivity index (χ4v) is 1.65. The first-order valence-corrected chi connectivity index (χ1v) is 5.25. The number of ether oxygens (including phenoxy) is 3. The largest absolute Gasteiger partial charge is 0.494 e. The highest BCUT2D eigenvalue weighted by atomic mass is 16.5. The molecule has 0 saturated heterocycles. The van der Waals surface area contributed by atoms with E-state index in [-0.39, 0.29) is 6.61 Å². The van der Waals surface area contributed by atoms with Crippen LogP contribution in [-0.4, -0.2) is 32.3 Å². The van der Waals surface area contributed by atoms with E-state index < -0.39 is 5.97 Å². The zero-order valence-corrected chi connectivity index (χ0v) is 10.4. The van der Waals surface area contributed by atoms with Crippen LogP contribution in [0.25, 0.3) is 11.1 Å². The monoisotopic (exact) mass is 251 g/mol. The van der Waals surface area contributed by atoms with E-state index in [1.807, 2.05) is 0 Å². The topological polar surface area (TPSA) is 70.8 Å². The number of aromatic nitrogens is 1. The van der Waals surface area contributed by atoms with E-state index in [0.717, 1.165) is 0 Å². The molecule has 96 valence electrons. The number of hydrogen-bond donors (Lipinski definition) is 0. The maximum atomic E-state index is 11.6. The maximum Gasteiger partial charge on any atom is 0.341 e. The van der Waals surface area contributed by atoms with Crippen molar-refractivity contribution in [2.24, 2.45) is 0 Å². The first-order chi connectivity index (χ1) is 8.71. The van der Waals surface area contributed by atoms with Crippen LogP contribution in [0.1, 0.15) is 16.2 Å². The molecule has 2 rings (SSSR count). The summed E-state index contributed by atoms with van der Waals surface area (Å²) in [4.78, 5) is 15.8. The summed E-state index contributed by atoms with van der Waals surface area (Å²) in [6.07, 6.45) is 0. The standard InChI is InChI=1S/C12H13NO5/c1-15-6-9-13-10-8(16-2)5-4-7(11(10)18-9)12(14)17-3/h4-5H,6H2,1-3H3. The Morgan fingerprint density at radius 2 is 2.11 bits per heavy atom. The van der Waals surface area contributed by atoms with Crippen LogP contribution >= 0.6 is 0 Å². The van der Waals surface area contributed by atoms with Gasteiger partial charge in [0.25, 0.3) is 0 Å². The number of rotatable bonds is 4. The number of esters is 1. The molecule has 0 atom stereocenters. The van der Waals surface area contributed by atoms with Gasteiger partial charge >= 0.3 is 5.97 Å². The summed E-state index contributed by atoms with van der Waals surface area (Å²) in [7, 11) is 4.37. The minimum Gasteiger partial charge on any atom is -0.494 e. The Bertz CT molecular complexity index is 575. The van der Waals surface area contributed by atoms with Gasteiger partial charge in [0.2, 0.25) is 5.89 Å². The normalized spacial score (nSPS) is 10.6. The molecule has 0 radical (unpaired) electrons. The summed E-state index contributed by atoms with van der Waals surface area (Å²) in [5.74, 6) is 0.425. The average Bonchev–Trinajstić information content (AvgIpc) is 2.80. The number of fused-ring (bicyclic) bond motifs is 1. The van der Waals surface area contributed by atoms with E-state index in [1.165, 1.54) is 21.3 Å². The molecule has 6 nitrogen and oxygen atoms in total. The number of hydrogen-bond acceptors (Lipinski definition) is 6. The quantitative estimate of drug-likeness (QED) is 0.771. The van der Waals surface area contributed by atoms with Crippen molar-refractivity contribution in [2.75, 3.05) is 21.3 Å². The summed E-state index contributed by atoms with van der Waals surface area (Å²) in [6, 6.07) is 3.22. The molecular weight excluding hydrogens is 238 g/mol. The van der Waals surface area contributed by atoms with E-state index in [9.17, 15) is 4.79 Å². The predicted molar refractivity (Wildman–Crippen MR) is 62.6 cm³/mol. The van der Waals surface area contributed by atoms with Gasteiger partial charge in [0.1, 0.15) is 17.9 Å². The van der Waals surface area contributed by atoms with Gasteiger partial charge in [-0.1, -0.05) is 0 Å². The van der Waals surface area contributed by atoms with Gasteiger partial charge in [-0.05, 0) is 12.1 Å². The van der Waals surface area contributed by atoms with Crippen LogP contribution < -0.4 is 4.74 Å². The van der Waals surface area contributed by atoms with Crippen molar-refractivity contribution in [2.45, 2.75) is 6.61 Å². The Balaban J connectivity index is 2.63. The molecule has 0 N–H and O–H groups in total. The zero-order chi connectivity index (χ0) is 13.1. The molecule has 1 aromatic heterocycles. The highest BCUT2D eigenvalue weighted by Gasteiger charge is 2.19. The van der Waals surface area contributed by atoms with Crippen molar-refractivity contribution in [3.8, 4) is 5.75 Å². The van der Waals surface area contributed by atoms with Gasteiger partial charge in [0.15, 0.2) is 11.1 Å². The SMILES string of the molecule is COCc1nc2c(OC)ccc(C(=O)OC)c2o1. The number of benzene rings is 1. The van der Waals surface area contributed by atoms with E-state index in [1.54, 1.807) is 12.1 Å². The summed E-state index contributed by atoms with van der Waals surface area (Å²) in [5, 5.41) is 0. The van der Waals surface area contributed by atoms with Gasteiger partial charge in [-0.2, -0.15) is 0 Å². The molecule has 1 heterocycles. The maximum absolute atomic E-state index is 11.6. The highest BCUT2D eigenvalue weighted by Crippen LogP contribution is 2.29. The van der Waals surface area contributed by atoms with Crippen LogP contribution in [0.3, 0.4) is 0 Å². The summed E-state index contributed by atoms with van der Waals surface area (Å²) < 4.78 is 20.3. The summed E-state index contributed by atoms with van der Waals surface area (Å²) >= 11 is 0. The predicted octanol–water partition coefficient (Wildman–Crippen LogP) is 1.77. The molecule has 0 fully saturated rings. The summed E-state index contributed by atoms with van der Waals surface area (Å²) in [6.45, 7) is 0.221. The zero-order valence-electron chi connectivity index (χ0n) is 10.4. The van der Waals surface area contributed by atoms with E-state index >= 15 is 0 Å². The van der Waals surface area contributed by atoms with Crippen LogP contribution in [0, 0.1) is 0 Å². The van der Waals surface area contributed by atoms with E-state index in [4.69, 9.17) is 13.9 Å². The Hall–Kier alpha value is -2.08. The molecule has 6 heteroatoms. The lowest BCUT2D eigenvalue weighted by Crippen LogP contribution is -2.01. The molecule has 0 amide bonds. The lowest BCUT2D eigenvalue weighted by molar-refractivity contribution is 0.0601. The molecule has 0 spiro atoms.